The monoisotopic (exact) mass is 385 g/mol. The molecule has 0 atom stereocenters. The molecule has 5 nitrogen and oxygen atoms in total. The third kappa shape index (κ3) is 3.83. The average molecular weight is 386 g/mol. The van der Waals surface area contributed by atoms with Gasteiger partial charge >= 0.3 is 0 Å². The number of piperidine rings is 1. The van der Waals surface area contributed by atoms with E-state index in [-0.39, 0.29) is 21.0 Å². The van der Waals surface area contributed by atoms with Crippen LogP contribution in [0.5, 0.6) is 0 Å². The summed E-state index contributed by atoms with van der Waals surface area (Å²) in [5.41, 5.74) is 0. The van der Waals surface area contributed by atoms with Crippen LogP contribution in [0, 0.1) is 0 Å². The number of nitrogens with zero attached hydrogens (tertiary/aromatic N) is 2. The van der Waals surface area contributed by atoms with E-state index in [4.69, 9.17) is 23.2 Å². The summed E-state index contributed by atoms with van der Waals surface area (Å²) in [7, 11) is -3.75. The lowest BCUT2D eigenvalue weighted by Gasteiger charge is -2.33. The van der Waals surface area contributed by atoms with Crippen molar-refractivity contribution < 1.29 is 8.42 Å². The molecule has 1 aliphatic heterocycles. The van der Waals surface area contributed by atoms with Gasteiger partial charge in [-0.15, -0.1) is 0 Å². The highest BCUT2D eigenvalue weighted by Gasteiger charge is 2.27. The number of rotatable bonds is 4. The third-order valence-corrected chi connectivity index (χ3v) is 6.45. The summed E-state index contributed by atoms with van der Waals surface area (Å²) in [5, 5.41) is 0.252. The number of hydrogen-bond acceptors (Lipinski definition) is 4. The Morgan fingerprint density at radius 1 is 1.04 bits per heavy atom. The Kier molecular flexibility index (Phi) is 5.30. The van der Waals surface area contributed by atoms with Crippen LogP contribution in [0.4, 0.5) is 5.82 Å². The van der Waals surface area contributed by atoms with Crippen molar-refractivity contribution in [3.8, 4) is 0 Å². The third-order valence-electron chi connectivity index (χ3n) is 3.98. The highest BCUT2D eigenvalue weighted by atomic mass is 35.5. The zero-order valence-electron chi connectivity index (χ0n) is 12.8. The van der Waals surface area contributed by atoms with Gasteiger partial charge in [0, 0.05) is 25.3 Å². The van der Waals surface area contributed by atoms with E-state index in [1.54, 1.807) is 12.3 Å². The first-order valence-electron chi connectivity index (χ1n) is 7.60. The molecule has 24 heavy (non-hydrogen) atoms. The fourth-order valence-electron chi connectivity index (χ4n) is 2.78. The van der Waals surface area contributed by atoms with E-state index >= 15 is 0 Å². The van der Waals surface area contributed by atoms with Gasteiger partial charge in [-0.2, -0.15) is 0 Å². The van der Waals surface area contributed by atoms with Gasteiger partial charge in [0.15, 0.2) is 0 Å². The molecule has 1 aromatic heterocycles. The fourth-order valence-corrected chi connectivity index (χ4v) is 5.23. The van der Waals surface area contributed by atoms with Gasteiger partial charge in [-0.05, 0) is 37.1 Å². The highest BCUT2D eigenvalue weighted by molar-refractivity contribution is 7.89. The molecule has 0 bridgehead atoms. The number of aromatic nitrogens is 1. The SMILES string of the molecule is O=S(=O)(NC1CCN(c2ccccn2)CC1)c1c(Cl)cccc1Cl. The van der Waals surface area contributed by atoms with Gasteiger partial charge in [-0.1, -0.05) is 35.3 Å². The van der Waals surface area contributed by atoms with Gasteiger partial charge in [-0.3, -0.25) is 0 Å². The zero-order chi connectivity index (χ0) is 17.2. The van der Waals surface area contributed by atoms with Crippen LogP contribution in [0.2, 0.25) is 10.0 Å². The van der Waals surface area contributed by atoms with E-state index in [0.29, 0.717) is 12.8 Å². The highest BCUT2D eigenvalue weighted by Crippen LogP contribution is 2.29. The number of hydrogen-bond donors (Lipinski definition) is 1. The van der Waals surface area contributed by atoms with E-state index in [1.807, 2.05) is 18.2 Å². The lowest BCUT2D eigenvalue weighted by Crippen LogP contribution is -2.45. The van der Waals surface area contributed by atoms with Gasteiger partial charge < -0.3 is 4.90 Å². The number of benzene rings is 1. The zero-order valence-corrected chi connectivity index (χ0v) is 15.2. The van der Waals surface area contributed by atoms with E-state index in [1.165, 1.54) is 12.1 Å². The summed E-state index contributed by atoms with van der Waals surface area (Å²) >= 11 is 12.0. The average Bonchev–Trinajstić information content (AvgIpc) is 2.55. The summed E-state index contributed by atoms with van der Waals surface area (Å²) in [4.78, 5) is 6.42. The normalized spacial score (nSPS) is 16.3. The molecule has 1 aliphatic rings. The molecule has 1 N–H and O–H groups in total. The van der Waals surface area contributed by atoms with Crippen LogP contribution in [0.1, 0.15) is 12.8 Å². The van der Waals surface area contributed by atoms with Gasteiger partial charge in [0.25, 0.3) is 0 Å². The van der Waals surface area contributed by atoms with Crippen molar-refractivity contribution in [3.05, 3.63) is 52.6 Å². The number of pyridine rings is 1. The van der Waals surface area contributed by atoms with Gasteiger partial charge in [0.2, 0.25) is 10.0 Å². The standard InChI is InChI=1S/C16H17Cl2N3O2S/c17-13-4-3-5-14(18)16(13)24(22,23)20-12-7-10-21(11-8-12)15-6-1-2-9-19-15/h1-6,9,12,20H,7-8,10-11H2. The fraction of sp³-hybridized carbons (Fsp3) is 0.312. The molecule has 2 aromatic rings. The number of anilines is 1. The van der Waals surface area contributed by atoms with Crippen molar-refractivity contribution in [1.29, 1.82) is 0 Å². The second-order valence-electron chi connectivity index (χ2n) is 5.62. The van der Waals surface area contributed by atoms with Crippen LogP contribution in [0.15, 0.2) is 47.5 Å². The molecule has 3 rings (SSSR count). The molecule has 0 amide bonds. The van der Waals surface area contributed by atoms with E-state index in [9.17, 15) is 8.42 Å². The quantitative estimate of drug-likeness (QED) is 0.876. The molecule has 1 saturated heterocycles. The van der Waals surface area contributed by atoms with Crippen LogP contribution in [-0.2, 0) is 10.0 Å². The molecule has 0 saturated carbocycles. The minimum atomic E-state index is -3.75. The predicted molar refractivity (Wildman–Crippen MR) is 96.3 cm³/mol. The molecule has 0 unspecified atom stereocenters. The Labute approximate surface area is 151 Å². The topological polar surface area (TPSA) is 62.3 Å². The largest absolute Gasteiger partial charge is 0.357 e. The molecule has 2 heterocycles. The first kappa shape index (κ1) is 17.5. The lowest BCUT2D eigenvalue weighted by molar-refractivity contribution is 0.458. The number of nitrogens with one attached hydrogen (secondary N) is 1. The first-order valence-corrected chi connectivity index (χ1v) is 9.83. The molecule has 128 valence electrons. The molecule has 1 aromatic carbocycles. The minimum absolute atomic E-state index is 0.0551. The van der Waals surface area contributed by atoms with Crippen molar-refractivity contribution in [3.63, 3.8) is 0 Å². The van der Waals surface area contributed by atoms with Gasteiger partial charge in [0.05, 0.1) is 10.0 Å². The second kappa shape index (κ2) is 7.27. The second-order valence-corrected chi connectivity index (χ2v) is 8.09. The molecule has 0 aliphatic carbocycles. The molecular weight excluding hydrogens is 369 g/mol. The maximum Gasteiger partial charge on any atom is 0.243 e. The number of sulfonamides is 1. The van der Waals surface area contributed by atoms with E-state index in [0.717, 1.165) is 18.9 Å². The van der Waals surface area contributed by atoms with Crippen LogP contribution >= 0.6 is 23.2 Å². The van der Waals surface area contributed by atoms with Crippen molar-refractivity contribution in [2.45, 2.75) is 23.8 Å². The summed E-state index contributed by atoms with van der Waals surface area (Å²) in [5.74, 6) is 0.910. The Bertz CT molecular complexity index is 787. The Balaban J connectivity index is 1.68. The summed E-state index contributed by atoms with van der Waals surface area (Å²) in [6.45, 7) is 1.47. The van der Waals surface area contributed by atoms with E-state index < -0.39 is 10.0 Å². The predicted octanol–water partition coefficient (Wildman–Crippen LogP) is 3.34. The van der Waals surface area contributed by atoms with Gasteiger partial charge in [-0.25, -0.2) is 18.1 Å². The Morgan fingerprint density at radius 2 is 1.71 bits per heavy atom. The maximum atomic E-state index is 12.6. The molecule has 0 spiro atoms. The maximum absolute atomic E-state index is 12.6. The first-order chi connectivity index (χ1) is 11.5. The number of halogens is 2. The lowest BCUT2D eigenvalue weighted by atomic mass is 10.1. The molecular formula is C16H17Cl2N3O2S. The van der Waals surface area contributed by atoms with E-state index in [2.05, 4.69) is 14.6 Å². The van der Waals surface area contributed by atoms with Crippen molar-refractivity contribution >= 4 is 39.0 Å². The van der Waals surface area contributed by atoms with Crippen LogP contribution in [0.25, 0.3) is 0 Å². The van der Waals surface area contributed by atoms with Crippen molar-refractivity contribution in [2.75, 3.05) is 18.0 Å². The Hall–Kier alpha value is -1.34. The van der Waals surface area contributed by atoms with Gasteiger partial charge in [0.1, 0.15) is 10.7 Å². The van der Waals surface area contributed by atoms with Crippen LogP contribution < -0.4 is 9.62 Å². The van der Waals surface area contributed by atoms with Crippen molar-refractivity contribution in [2.24, 2.45) is 0 Å². The summed E-state index contributed by atoms with van der Waals surface area (Å²) < 4.78 is 27.9. The van der Waals surface area contributed by atoms with Crippen molar-refractivity contribution in [1.82, 2.24) is 9.71 Å². The minimum Gasteiger partial charge on any atom is -0.357 e. The molecule has 0 radical (unpaired) electrons. The molecule has 8 heteroatoms. The smallest absolute Gasteiger partial charge is 0.243 e. The Morgan fingerprint density at radius 3 is 2.29 bits per heavy atom. The summed E-state index contributed by atoms with van der Waals surface area (Å²) in [6, 6.07) is 10.3. The molecule has 1 fully saturated rings. The van der Waals surface area contributed by atoms with Crippen LogP contribution in [0.3, 0.4) is 0 Å². The van der Waals surface area contributed by atoms with Crippen LogP contribution in [-0.4, -0.2) is 32.5 Å². The summed E-state index contributed by atoms with van der Waals surface area (Å²) in [6.07, 6.45) is 3.14.